The molecule has 0 amide bonds. The lowest BCUT2D eigenvalue weighted by atomic mass is 10.3. The highest BCUT2D eigenvalue weighted by Crippen LogP contribution is 2.19. The molecule has 0 aliphatic carbocycles. The van der Waals surface area contributed by atoms with E-state index in [4.69, 9.17) is 9.47 Å². The predicted octanol–water partition coefficient (Wildman–Crippen LogP) is 2.17. The highest BCUT2D eigenvalue weighted by molar-refractivity contribution is 5.79. The highest BCUT2D eigenvalue weighted by Gasteiger charge is 2.11. The van der Waals surface area contributed by atoms with Crippen LogP contribution in [0.1, 0.15) is 11.4 Å². The number of hydrogen-bond acceptors (Lipinski definition) is 4. The minimum atomic E-state index is 0.625. The Hall–Kier alpha value is -2.14. The van der Waals surface area contributed by atoms with Crippen molar-refractivity contribution in [2.24, 2.45) is 4.99 Å². The number of nitrogens with zero attached hydrogens (tertiary/aromatic N) is 3. The summed E-state index contributed by atoms with van der Waals surface area (Å²) in [6.07, 6.45) is 1.76. The largest absolute Gasteiger partial charge is 0.497 e. The van der Waals surface area contributed by atoms with Crippen molar-refractivity contribution in [1.82, 2.24) is 9.78 Å². The van der Waals surface area contributed by atoms with Crippen LogP contribution in [0.5, 0.6) is 5.75 Å². The molecular formula is C14H15N3O2. The lowest BCUT2D eigenvalue weighted by molar-refractivity contribution is 0.0800. The molecule has 5 nitrogen and oxygen atoms in total. The number of methoxy groups -OCH3 is 1. The second-order valence-electron chi connectivity index (χ2n) is 4.30. The number of hydrogen-bond donors (Lipinski definition) is 0. The Bertz CT molecular complexity index is 581. The molecule has 1 aliphatic rings. The Kier molecular flexibility index (Phi) is 3.29. The Morgan fingerprint density at radius 1 is 1.42 bits per heavy atom. The molecule has 0 fully saturated rings. The van der Waals surface area contributed by atoms with Crippen LogP contribution in [-0.4, -0.2) is 29.7 Å². The van der Waals surface area contributed by atoms with E-state index in [0.717, 1.165) is 36.0 Å². The standard InChI is InChI=1S/C14H15N3O2/c1-18-14-4-2-3-11(8-14)15-9-12-7-13-10-19-6-5-17(13)16-12/h2-4,7-9H,5-6,10H2,1H3/b15-9+. The molecule has 0 saturated heterocycles. The smallest absolute Gasteiger partial charge is 0.121 e. The van der Waals surface area contributed by atoms with Gasteiger partial charge in [0.15, 0.2) is 0 Å². The van der Waals surface area contributed by atoms with E-state index in [1.165, 1.54) is 0 Å². The topological polar surface area (TPSA) is 48.6 Å². The van der Waals surface area contributed by atoms with Gasteiger partial charge >= 0.3 is 0 Å². The molecule has 0 atom stereocenters. The van der Waals surface area contributed by atoms with Gasteiger partial charge in [0.1, 0.15) is 11.4 Å². The van der Waals surface area contributed by atoms with E-state index in [2.05, 4.69) is 10.1 Å². The summed E-state index contributed by atoms with van der Waals surface area (Å²) < 4.78 is 12.5. The van der Waals surface area contributed by atoms with Crippen molar-refractivity contribution < 1.29 is 9.47 Å². The summed E-state index contributed by atoms with van der Waals surface area (Å²) in [6.45, 7) is 2.16. The summed E-state index contributed by atoms with van der Waals surface area (Å²) in [6, 6.07) is 9.62. The fourth-order valence-corrected chi connectivity index (χ4v) is 2.01. The second-order valence-corrected chi connectivity index (χ2v) is 4.30. The number of aromatic nitrogens is 2. The van der Waals surface area contributed by atoms with Crippen molar-refractivity contribution in [2.75, 3.05) is 13.7 Å². The first-order valence-corrected chi connectivity index (χ1v) is 6.18. The van der Waals surface area contributed by atoms with Crippen LogP contribution in [0.3, 0.4) is 0 Å². The van der Waals surface area contributed by atoms with Crippen LogP contribution in [-0.2, 0) is 17.9 Å². The van der Waals surface area contributed by atoms with Crippen molar-refractivity contribution in [1.29, 1.82) is 0 Å². The van der Waals surface area contributed by atoms with Crippen LogP contribution >= 0.6 is 0 Å². The zero-order valence-electron chi connectivity index (χ0n) is 10.7. The van der Waals surface area contributed by atoms with Crippen LogP contribution < -0.4 is 4.74 Å². The SMILES string of the molecule is COc1cccc(/N=C/c2cc3n(n2)CCOC3)c1. The third-order valence-electron chi connectivity index (χ3n) is 2.98. The summed E-state index contributed by atoms with van der Waals surface area (Å²) in [5.41, 5.74) is 2.79. The van der Waals surface area contributed by atoms with Gasteiger partial charge in [-0.25, -0.2) is 0 Å². The monoisotopic (exact) mass is 257 g/mol. The Morgan fingerprint density at radius 3 is 3.21 bits per heavy atom. The van der Waals surface area contributed by atoms with Crippen LogP contribution in [0.4, 0.5) is 5.69 Å². The molecule has 0 saturated carbocycles. The molecule has 19 heavy (non-hydrogen) atoms. The molecule has 3 rings (SSSR count). The number of aliphatic imine (C=N–C) groups is 1. The molecule has 0 bridgehead atoms. The first-order chi connectivity index (χ1) is 9.35. The third-order valence-corrected chi connectivity index (χ3v) is 2.98. The number of benzene rings is 1. The first-order valence-electron chi connectivity index (χ1n) is 6.18. The maximum absolute atomic E-state index is 5.38. The van der Waals surface area contributed by atoms with Crippen molar-refractivity contribution >= 4 is 11.9 Å². The van der Waals surface area contributed by atoms with Crippen LogP contribution in [0.2, 0.25) is 0 Å². The van der Waals surface area contributed by atoms with E-state index < -0.39 is 0 Å². The van der Waals surface area contributed by atoms with Gasteiger partial charge in [-0.3, -0.25) is 9.67 Å². The molecule has 0 unspecified atom stereocenters. The summed E-state index contributed by atoms with van der Waals surface area (Å²) in [7, 11) is 1.65. The van der Waals surface area contributed by atoms with Gasteiger partial charge in [0.2, 0.25) is 0 Å². The average molecular weight is 257 g/mol. The number of rotatable bonds is 3. The fourth-order valence-electron chi connectivity index (χ4n) is 2.01. The van der Waals surface area contributed by atoms with Crippen molar-refractivity contribution in [3.05, 3.63) is 41.7 Å². The van der Waals surface area contributed by atoms with Gasteiger partial charge in [-0.2, -0.15) is 5.10 Å². The zero-order chi connectivity index (χ0) is 13.1. The molecule has 1 aromatic carbocycles. The minimum Gasteiger partial charge on any atom is -0.497 e. The van der Waals surface area contributed by atoms with Crippen LogP contribution in [0.15, 0.2) is 35.3 Å². The van der Waals surface area contributed by atoms with E-state index >= 15 is 0 Å². The van der Waals surface area contributed by atoms with E-state index in [1.54, 1.807) is 13.3 Å². The number of ether oxygens (including phenoxy) is 2. The average Bonchev–Trinajstić information content (AvgIpc) is 2.88. The van der Waals surface area contributed by atoms with E-state index in [9.17, 15) is 0 Å². The molecule has 0 radical (unpaired) electrons. The van der Waals surface area contributed by atoms with Crippen molar-refractivity contribution in [2.45, 2.75) is 13.2 Å². The van der Waals surface area contributed by atoms with Gasteiger partial charge in [-0.15, -0.1) is 0 Å². The molecule has 98 valence electrons. The van der Waals surface area contributed by atoms with Gasteiger partial charge in [-0.1, -0.05) is 6.07 Å². The molecule has 1 aromatic heterocycles. The molecule has 5 heteroatoms. The highest BCUT2D eigenvalue weighted by atomic mass is 16.5. The molecular weight excluding hydrogens is 242 g/mol. The lowest BCUT2D eigenvalue weighted by Crippen LogP contribution is -2.16. The minimum absolute atomic E-state index is 0.625. The third kappa shape index (κ3) is 2.66. The van der Waals surface area contributed by atoms with Gasteiger partial charge in [0.25, 0.3) is 0 Å². The van der Waals surface area contributed by atoms with E-state index in [1.807, 2.05) is 35.0 Å². The zero-order valence-corrected chi connectivity index (χ0v) is 10.7. The Balaban J connectivity index is 1.80. The second kappa shape index (κ2) is 5.24. The lowest BCUT2D eigenvalue weighted by Gasteiger charge is -2.12. The van der Waals surface area contributed by atoms with Crippen LogP contribution in [0, 0.1) is 0 Å². The normalized spacial score (nSPS) is 14.6. The molecule has 2 aromatic rings. The molecule has 1 aliphatic heterocycles. The maximum atomic E-state index is 5.38. The summed E-state index contributed by atoms with van der Waals surface area (Å²) in [5.74, 6) is 0.798. The van der Waals surface area contributed by atoms with E-state index in [0.29, 0.717) is 6.61 Å². The summed E-state index contributed by atoms with van der Waals surface area (Å²) in [5, 5.41) is 4.46. The van der Waals surface area contributed by atoms with Crippen LogP contribution in [0.25, 0.3) is 0 Å². The van der Waals surface area contributed by atoms with Gasteiger partial charge in [0.05, 0.1) is 44.5 Å². The van der Waals surface area contributed by atoms with Gasteiger partial charge in [-0.05, 0) is 18.2 Å². The maximum Gasteiger partial charge on any atom is 0.121 e. The Morgan fingerprint density at radius 2 is 2.37 bits per heavy atom. The predicted molar refractivity (Wildman–Crippen MR) is 72.1 cm³/mol. The quantitative estimate of drug-likeness (QED) is 0.792. The fraction of sp³-hybridized carbons (Fsp3) is 0.286. The van der Waals surface area contributed by atoms with E-state index in [-0.39, 0.29) is 0 Å². The molecule has 2 heterocycles. The summed E-state index contributed by atoms with van der Waals surface area (Å²) in [4.78, 5) is 4.41. The van der Waals surface area contributed by atoms with Gasteiger partial charge < -0.3 is 9.47 Å². The Labute approximate surface area is 111 Å². The van der Waals surface area contributed by atoms with Crippen molar-refractivity contribution in [3.8, 4) is 5.75 Å². The molecule has 0 N–H and O–H groups in total. The number of fused-ring (bicyclic) bond motifs is 1. The van der Waals surface area contributed by atoms with Crippen molar-refractivity contribution in [3.63, 3.8) is 0 Å². The van der Waals surface area contributed by atoms with Gasteiger partial charge in [0, 0.05) is 6.07 Å². The first kappa shape index (κ1) is 11.9. The summed E-state index contributed by atoms with van der Waals surface area (Å²) >= 11 is 0. The molecule has 0 spiro atoms.